The van der Waals surface area contributed by atoms with Gasteiger partial charge in [0.15, 0.2) is 0 Å². The van der Waals surface area contributed by atoms with Gasteiger partial charge in [-0.2, -0.15) is 0 Å². The summed E-state index contributed by atoms with van der Waals surface area (Å²) in [6, 6.07) is 0.591. The minimum Gasteiger partial charge on any atom is -0.334 e. The summed E-state index contributed by atoms with van der Waals surface area (Å²) in [5, 5.41) is 3.60. The largest absolute Gasteiger partial charge is 0.334 e. The minimum absolute atomic E-state index is 0.293. The molecule has 1 N–H and O–H groups in total. The van der Waals surface area contributed by atoms with Gasteiger partial charge in [0.2, 0.25) is 0 Å². The Morgan fingerprint density at radius 3 is 2.89 bits per heavy atom. The van der Waals surface area contributed by atoms with Gasteiger partial charge in [-0.15, -0.1) is 0 Å². The smallest absolute Gasteiger partial charge is 0.105 e. The van der Waals surface area contributed by atoms with Crippen molar-refractivity contribution in [3.8, 4) is 0 Å². The molecule has 2 atom stereocenters. The van der Waals surface area contributed by atoms with Gasteiger partial charge >= 0.3 is 0 Å². The first-order valence-electron chi connectivity index (χ1n) is 7.01. The van der Waals surface area contributed by atoms with Gasteiger partial charge in [-0.3, -0.25) is 4.90 Å². The van der Waals surface area contributed by atoms with E-state index in [4.69, 9.17) is 0 Å². The maximum Gasteiger partial charge on any atom is 0.105 e. The summed E-state index contributed by atoms with van der Waals surface area (Å²) in [7, 11) is 0. The molecule has 18 heavy (non-hydrogen) atoms. The highest BCUT2D eigenvalue weighted by molar-refractivity contribution is 4.95. The van der Waals surface area contributed by atoms with Crippen LogP contribution in [0, 0.1) is 6.92 Å². The van der Waals surface area contributed by atoms with E-state index in [9.17, 15) is 0 Å². The van der Waals surface area contributed by atoms with Crippen LogP contribution in [0.2, 0.25) is 0 Å². The molecule has 2 unspecified atom stereocenters. The molecule has 1 aromatic rings. The Morgan fingerprint density at radius 1 is 1.50 bits per heavy atom. The number of nitrogens with one attached hydrogen (secondary N) is 1. The van der Waals surface area contributed by atoms with E-state index in [-0.39, 0.29) is 0 Å². The third kappa shape index (κ3) is 2.75. The van der Waals surface area contributed by atoms with Crippen molar-refractivity contribution in [1.82, 2.24) is 19.8 Å². The van der Waals surface area contributed by atoms with E-state index in [1.807, 2.05) is 6.20 Å². The molecule has 102 valence electrons. The molecule has 4 heteroatoms. The van der Waals surface area contributed by atoms with Gasteiger partial charge in [-0.25, -0.2) is 4.98 Å². The lowest BCUT2D eigenvalue weighted by molar-refractivity contribution is 0.0494. The van der Waals surface area contributed by atoms with E-state index >= 15 is 0 Å². The van der Waals surface area contributed by atoms with Gasteiger partial charge in [0, 0.05) is 50.2 Å². The second-order valence-electron chi connectivity index (χ2n) is 5.75. The van der Waals surface area contributed by atoms with E-state index in [2.05, 4.69) is 53.7 Å². The lowest BCUT2D eigenvalue weighted by Gasteiger charge is -2.47. The van der Waals surface area contributed by atoms with Crippen molar-refractivity contribution in [3.63, 3.8) is 0 Å². The fourth-order valence-corrected chi connectivity index (χ4v) is 2.70. The van der Waals surface area contributed by atoms with Crippen LogP contribution in [0.1, 0.15) is 33.0 Å². The Balaban J connectivity index is 1.99. The van der Waals surface area contributed by atoms with Crippen LogP contribution in [0.4, 0.5) is 0 Å². The quantitative estimate of drug-likeness (QED) is 0.882. The average molecular weight is 250 g/mol. The SMILES string of the molecule is CCC1(C)CNC(C)CN1CCn1ccnc1C. The maximum absolute atomic E-state index is 4.28. The van der Waals surface area contributed by atoms with Crippen LogP contribution in [0.15, 0.2) is 12.4 Å². The molecule has 1 aromatic heterocycles. The second-order valence-corrected chi connectivity index (χ2v) is 5.75. The zero-order valence-corrected chi connectivity index (χ0v) is 12.1. The van der Waals surface area contributed by atoms with Crippen molar-refractivity contribution in [2.24, 2.45) is 0 Å². The molecule has 1 fully saturated rings. The number of aryl methyl sites for hydroxylation is 1. The molecule has 4 nitrogen and oxygen atoms in total. The van der Waals surface area contributed by atoms with E-state index in [0.29, 0.717) is 11.6 Å². The standard InChI is InChI=1S/C14H26N4/c1-5-14(4)11-16-12(2)10-18(14)9-8-17-7-6-15-13(17)3/h6-7,12,16H,5,8-11H2,1-4H3. The molecule has 0 aromatic carbocycles. The highest BCUT2D eigenvalue weighted by Crippen LogP contribution is 2.22. The number of aromatic nitrogens is 2. The van der Waals surface area contributed by atoms with Gasteiger partial charge in [0.05, 0.1) is 0 Å². The van der Waals surface area contributed by atoms with Crippen LogP contribution in [0.5, 0.6) is 0 Å². The summed E-state index contributed by atoms with van der Waals surface area (Å²) in [6.07, 6.45) is 5.15. The topological polar surface area (TPSA) is 33.1 Å². The Kier molecular flexibility index (Phi) is 4.07. The Labute approximate surface area is 110 Å². The van der Waals surface area contributed by atoms with Crippen molar-refractivity contribution >= 4 is 0 Å². The number of hydrogen-bond donors (Lipinski definition) is 1. The Hall–Kier alpha value is -0.870. The molecular formula is C14H26N4. The first-order valence-corrected chi connectivity index (χ1v) is 7.01. The van der Waals surface area contributed by atoms with E-state index in [0.717, 1.165) is 32.0 Å². The molecule has 0 amide bonds. The highest BCUT2D eigenvalue weighted by Gasteiger charge is 2.34. The highest BCUT2D eigenvalue weighted by atomic mass is 15.3. The van der Waals surface area contributed by atoms with Crippen molar-refractivity contribution < 1.29 is 0 Å². The van der Waals surface area contributed by atoms with Gasteiger partial charge < -0.3 is 9.88 Å². The summed E-state index contributed by atoms with van der Waals surface area (Å²) in [4.78, 5) is 6.92. The fourth-order valence-electron chi connectivity index (χ4n) is 2.70. The normalized spacial score (nSPS) is 29.7. The molecule has 2 rings (SSSR count). The van der Waals surface area contributed by atoms with Crippen molar-refractivity contribution in [2.75, 3.05) is 19.6 Å². The zero-order chi connectivity index (χ0) is 13.2. The average Bonchev–Trinajstić information content (AvgIpc) is 2.76. The van der Waals surface area contributed by atoms with Gasteiger partial charge in [-0.05, 0) is 27.2 Å². The first-order chi connectivity index (χ1) is 8.55. The van der Waals surface area contributed by atoms with E-state index < -0.39 is 0 Å². The number of nitrogens with zero attached hydrogens (tertiary/aromatic N) is 3. The van der Waals surface area contributed by atoms with Gasteiger partial charge in [0.1, 0.15) is 5.82 Å². The number of rotatable bonds is 4. The molecule has 1 saturated heterocycles. The zero-order valence-electron chi connectivity index (χ0n) is 12.1. The predicted molar refractivity (Wildman–Crippen MR) is 74.7 cm³/mol. The lowest BCUT2D eigenvalue weighted by atomic mass is 9.92. The number of hydrogen-bond acceptors (Lipinski definition) is 3. The number of imidazole rings is 1. The van der Waals surface area contributed by atoms with Crippen molar-refractivity contribution in [1.29, 1.82) is 0 Å². The summed E-state index contributed by atoms with van der Waals surface area (Å²) in [6.45, 7) is 13.4. The van der Waals surface area contributed by atoms with E-state index in [1.165, 1.54) is 6.42 Å². The third-order valence-corrected chi connectivity index (χ3v) is 4.39. The van der Waals surface area contributed by atoms with Gasteiger partial charge in [0.25, 0.3) is 0 Å². The second kappa shape index (κ2) is 5.41. The first kappa shape index (κ1) is 13.6. The molecule has 1 aliphatic heterocycles. The maximum atomic E-state index is 4.28. The number of piperazine rings is 1. The minimum atomic E-state index is 0.293. The molecule has 0 bridgehead atoms. The summed E-state index contributed by atoms with van der Waals surface area (Å²) in [5.74, 6) is 1.11. The van der Waals surface area contributed by atoms with Crippen molar-refractivity contribution in [3.05, 3.63) is 18.2 Å². The van der Waals surface area contributed by atoms with Crippen LogP contribution in [0.25, 0.3) is 0 Å². The fraction of sp³-hybridized carbons (Fsp3) is 0.786. The van der Waals surface area contributed by atoms with E-state index in [1.54, 1.807) is 0 Å². The van der Waals surface area contributed by atoms with Crippen LogP contribution >= 0.6 is 0 Å². The summed E-state index contributed by atoms with van der Waals surface area (Å²) in [5.41, 5.74) is 0.293. The molecule has 0 radical (unpaired) electrons. The molecular weight excluding hydrogens is 224 g/mol. The van der Waals surface area contributed by atoms with Crippen LogP contribution in [0.3, 0.4) is 0 Å². The summed E-state index contributed by atoms with van der Waals surface area (Å²) >= 11 is 0. The molecule has 0 spiro atoms. The van der Waals surface area contributed by atoms with Crippen molar-refractivity contribution in [2.45, 2.75) is 52.2 Å². The lowest BCUT2D eigenvalue weighted by Crippen LogP contribution is -2.62. The molecule has 0 aliphatic carbocycles. The molecule has 0 saturated carbocycles. The monoisotopic (exact) mass is 250 g/mol. The van der Waals surface area contributed by atoms with Crippen LogP contribution in [-0.2, 0) is 6.54 Å². The van der Waals surface area contributed by atoms with Crippen LogP contribution < -0.4 is 5.32 Å². The summed E-state index contributed by atoms with van der Waals surface area (Å²) < 4.78 is 2.24. The van der Waals surface area contributed by atoms with Crippen LogP contribution in [-0.4, -0.2) is 45.7 Å². The molecule has 1 aliphatic rings. The molecule has 2 heterocycles. The van der Waals surface area contributed by atoms with Gasteiger partial charge in [-0.1, -0.05) is 6.92 Å². The third-order valence-electron chi connectivity index (χ3n) is 4.39. The Bertz CT molecular complexity index is 387. The predicted octanol–water partition coefficient (Wildman–Crippen LogP) is 1.65. The Morgan fingerprint density at radius 2 is 2.28 bits per heavy atom.